The highest BCUT2D eigenvalue weighted by Crippen LogP contribution is 2.34. The fraction of sp³-hybridized carbons (Fsp3) is 0.143. The summed E-state index contributed by atoms with van der Waals surface area (Å²) in [4.78, 5) is 20.8. The Morgan fingerprint density at radius 3 is 2.50 bits per heavy atom. The molecule has 3 aromatic rings. The number of halogens is 1. The molecule has 1 heterocycles. The van der Waals surface area contributed by atoms with Gasteiger partial charge in [0.25, 0.3) is 5.91 Å². The van der Waals surface area contributed by atoms with Crippen LogP contribution in [0.1, 0.15) is 23.2 Å². The van der Waals surface area contributed by atoms with Crippen LogP contribution in [0.25, 0.3) is 11.1 Å². The van der Waals surface area contributed by atoms with Crippen LogP contribution in [0.3, 0.4) is 0 Å². The van der Waals surface area contributed by atoms with Crippen molar-refractivity contribution in [1.29, 1.82) is 5.26 Å². The van der Waals surface area contributed by atoms with Crippen LogP contribution in [0.2, 0.25) is 0 Å². The first-order chi connectivity index (χ1) is 13.6. The van der Waals surface area contributed by atoms with Gasteiger partial charge in [-0.25, -0.2) is 14.4 Å². The van der Waals surface area contributed by atoms with Crippen molar-refractivity contribution in [2.24, 2.45) is 0 Å². The zero-order chi connectivity index (χ0) is 19.6. The van der Waals surface area contributed by atoms with E-state index in [-0.39, 0.29) is 11.7 Å². The van der Waals surface area contributed by atoms with E-state index in [2.05, 4.69) is 26.7 Å². The lowest BCUT2D eigenvalue weighted by atomic mass is 10.1. The molecule has 0 saturated heterocycles. The molecular formula is C21H16FN5O. The van der Waals surface area contributed by atoms with Gasteiger partial charge >= 0.3 is 0 Å². The van der Waals surface area contributed by atoms with Gasteiger partial charge < -0.3 is 10.6 Å². The quantitative estimate of drug-likeness (QED) is 0.710. The zero-order valence-corrected chi connectivity index (χ0v) is 14.8. The molecule has 138 valence electrons. The number of nitrogens with one attached hydrogen (secondary N) is 2. The summed E-state index contributed by atoms with van der Waals surface area (Å²) in [7, 11) is 0. The lowest BCUT2D eigenvalue weighted by Gasteiger charge is -2.11. The fourth-order valence-electron chi connectivity index (χ4n) is 2.76. The predicted molar refractivity (Wildman–Crippen MR) is 102 cm³/mol. The minimum absolute atomic E-state index is 0.287. The number of benzene rings is 2. The zero-order valence-electron chi connectivity index (χ0n) is 14.8. The lowest BCUT2D eigenvalue weighted by molar-refractivity contribution is 0.0941. The largest absolute Gasteiger partial charge is 0.334 e. The van der Waals surface area contributed by atoms with Crippen molar-refractivity contribution in [2.75, 3.05) is 5.32 Å². The van der Waals surface area contributed by atoms with Crippen molar-refractivity contribution in [1.82, 2.24) is 15.3 Å². The number of nitrogens with zero attached hydrogens (tertiary/aromatic N) is 3. The highest BCUT2D eigenvalue weighted by molar-refractivity contribution is 5.96. The van der Waals surface area contributed by atoms with Crippen molar-refractivity contribution < 1.29 is 9.18 Å². The van der Waals surface area contributed by atoms with E-state index in [4.69, 9.17) is 5.26 Å². The van der Waals surface area contributed by atoms with Gasteiger partial charge in [-0.15, -0.1) is 0 Å². The van der Waals surface area contributed by atoms with Crippen LogP contribution in [0.4, 0.5) is 16.0 Å². The molecule has 1 amide bonds. The minimum atomic E-state index is -0.712. The SMILES string of the molecule is N#CC1(NC(=O)c2cccc(Nc3ncc(-c4cccc(F)c4)cn3)c2)CC1. The summed E-state index contributed by atoms with van der Waals surface area (Å²) in [6, 6.07) is 15.2. The van der Waals surface area contributed by atoms with Crippen molar-refractivity contribution in [2.45, 2.75) is 18.4 Å². The van der Waals surface area contributed by atoms with E-state index >= 15 is 0 Å². The Morgan fingerprint density at radius 1 is 1.07 bits per heavy atom. The highest BCUT2D eigenvalue weighted by atomic mass is 19.1. The van der Waals surface area contributed by atoms with Gasteiger partial charge in [0.05, 0.1) is 6.07 Å². The number of amides is 1. The van der Waals surface area contributed by atoms with Gasteiger partial charge in [0.1, 0.15) is 11.4 Å². The molecule has 1 aliphatic carbocycles. The first kappa shape index (κ1) is 17.6. The summed E-state index contributed by atoms with van der Waals surface area (Å²) >= 11 is 0. The molecule has 0 aliphatic heterocycles. The molecule has 1 aliphatic rings. The Kier molecular flexibility index (Phi) is 4.45. The van der Waals surface area contributed by atoms with E-state index in [1.165, 1.54) is 12.1 Å². The third kappa shape index (κ3) is 3.81. The number of carbonyl (C=O) groups excluding carboxylic acids is 1. The van der Waals surface area contributed by atoms with Crippen LogP contribution < -0.4 is 10.6 Å². The van der Waals surface area contributed by atoms with Crippen LogP contribution in [0.15, 0.2) is 60.9 Å². The van der Waals surface area contributed by atoms with Crippen molar-refractivity contribution in [3.8, 4) is 17.2 Å². The summed E-state index contributed by atoms with van der Waals surface area (Å²) in [5.41, 5.74) is 1.77. The Bertz CT molecular complexity index is 1070. The summed E-state index contributed by atoms with van der Waals surface area (Å²) in [6.07, 6.45) is 4.56. The van der Waals surface area contributed by atoms with E-state index in [0.717, 1.165) is 0 Å². The van der Waals surface area contributed by atoms with E-state index in [1.807, 2.05) is 0 Å². The Labute approximate surface area is 161 Å². The van der Waals surface area contributed by atoms with Crippen molar-refractivity contribution in [3.05, 3.63) is 72.3 Å². The molecule has 1 saturated carbocycles. The Balaban J connectivity index is 1.47. The number of aromatic nitrogens is 2. The Hall–Kier alpha value is -3.79. The van der Waals surface area contributed by atoms with Gasteiger partial charge in [0.2, 0.25) is 5.95 Å². The molecule has 0 bridgehead atoms. The second kappa shape index (κ2) is 7.08. The van der Waals surface area contributed by atoms with Crippen molar-refractivity contribution >= 4 is 17.5 Å². The third-order valence-corrected chi connectivity index (χ3v) is 4.51. The molecule has 0 atom stereocenters. The van der Waals surface area contributed by atoms with Crippen LogP contribution in [0.5, 0.6) is 0 Å². The molecule has 2 N–H and O–H groups in total. The van der Waals surface area contributed by atoms with Gasteiger partial charge in [0, 0.05) is 29.2 Å². The van der Waals surface area contributed by atoms with Gasteiger partial charge in [-0.1, -0.05) is 18.2 Å². The average molecular weight is 373 g/mol. The monoisotopic (exact) mass is 373 g/mol. The number of anilines is 2. The number of hydrogen-bond acceptors (Lipinski definition) is 5. The summed E-state index contributed by atoms with van der Waals surface area (Å²) in [5.74, 6) is -0.252. The topological polar surface area (TPSA) is 90.7 Å². The predicted octanol–water partition coefficient (Wildman–Crippen LogP) is 3.81. The molecular weight excluding hydrogens is 357 g/mol. The standard InChI is InChI=1S/C21H16FN5O/c22-17-5-1-3-14(9-17)16-11-24-20(25-12-16)26-18-6-2-4-15(10-18)19(28)27-21(13-23)7-8-21/h1-6,9-12H,7-8H2,(H,27,28)(H,24,25,26). The summed E-state index contributed by atoms with van der Waals surface area (Å²) in [6.45, 7) is 0. The minimum Gasteiger partial charge on any atom is -0.334 e. The van der Waals surface area contributed by atoms with Gasteiger partial charge in [-0.2, -0.15) is 5.26 Å². The first-order valence-corrected chi connectivity index (χ1v) is 8.76. The Morgan fingerprint density at radius 2 is 1.82 bits per heavy atom. The van der Waals surface area contributed by atoms with Crippen LogP contribution in [-0.2, 0) is 0 Å². The van der Waals surface area contributed by atoms with E-state index in [1.54, 1.807) is 48.8 Å². The second-order valence-electron chi connectivity index (χ2n) is 6.66. The number of carbonyl (C=O) groups is 1. The number of rotatable bonds is 5. The van der Waals surface area contributed by atoms with E-state index in [9.17, 15) is 9.18 Å². The van der Waals surface area contributed by atoms with Gasteiger partial charge in [-0.05, 0) is 48.7 Å². The maximum absolute atomic E-state index is 13.3. The molecule has 7 heteroatoms. The summed E-state index contributed by atoms with van der Waals surface area (Å²) < 4.78 is 13.3. The van der Waals surface area contributed by atoms with Gasteiger partial charge in [0.15, 0.2) is 0 Å². The molecule has 4 rings (SSSR count). The van der Waals surface area contributed by atoms with E-state index in [0.29, 0.717) is 41.2 Å². The van der Waals surface area contributed by atoms with E-state index < -0.39 is 5.54 Å². The van der Waals surface area contributed by atoms with Crippen molar-refractivity contribution in [3.63, 3.8) is 0 Å². The second-order valence-corrected chi connectivity index (χ2v) is 6.66. The average Bonchev–Trinajstić information content (AvgIpc) is 3.49. The normalized spacial score (nSPS) is 14.0. The van der Waals surface area contributed by atoms with Crippen LogP contribution in [-0.4, -0.2) is 21.4 Å². The lowest BCUT2D eigenvalue weighted by Crippen LogP contribution is -2.35. The molecule has 0 spiro atoms. The van der Waals surface area contributed by atoms with Crippen LogP contribution >= 0.6 is 0 Å². The third-order valence-electron chi connectivity index (χ3n) is 4.51. The molecule has 2 aromatic carbocycles. The number of hydrogen-bond donors (Lipinski definition) is 2. The molecule has 0 unspecified atom stereocenters. The highest BCUT2D eigenvalue weighted by Gasteiger charge is 2.44. The maximum Gasteiger partial charge on any atom is 0.252 e. The molecule has 1 fully saturated rings. The maximum atomic E-state index is 13.3. The molecule has 6 nitrogen and oxygen atoms in total. The molecule has 1 aromatic heterocycles. The molecule has 28 heavy (non-hydrogen) atoms. The summed E-state index contributed by atoms with van der Waals surface area (Å²) in [5, 5.41) is 14.9. The first-order valence-electron chi connectivity index (χ1n) is 8.76. The van der Waals surface area contributed by atoms with Gasteiger partial charge in [-0.3, -0.25) is 4.79 Å². The smallest absolute Gasteiger partial charge is 0.252 e. The number of nitriles is 1. The fourth-order valence-corrected chi connectivity index (χ4v) is 2.76. The molecule has 0 radical (unpaired) electrons. The van der Waals surface area contributed by atoms with Crippen LogP contribution in [0, 0.1) is 17.1 Å².